The van der Waals surface area contributed by atoms with E-state index in [0.29, 0.717) is 6.42 Å². The van der Waals surface area contributed by atoms with Crippen molar-refractivity contribution < 1.29 is 5.11 Å². The number of aliphatic hydroxyl groups excluding tert-OH is 1. The fraction of sp³-hybridized carbons (Fsp3) is 0.412. The van der Waals surface area contributed by atoms with E-state index in [1.54, 1.807) is 0 Å². The fourth-order valence-electron chi connectivity index (χ4n) is 1.36. The number of hydrogen-bond acceptors (Lipinski definition) is 1. The Hall–Kier alpha value is -1.70. The molecule has 0 spiro atoms. The summed E-state index contributed by atoms with van der Waals surface area (Å²) in [6, 6.07) is 10.1. The lowest BCUT2D eigenvalue weighted by Crippen LogP contribution is -2.04. The van der Waals surface area contributed by atoms with Crippen LogP contribution < -0.4 is 0 Å². The second kappa shape index (κ2) is 6.90. The minimum Gasteiger partial charge on any atom is -0.380 e. The van der Waals surface area contributed by atoms with Crippen molar-refractivity contribution >= 4 is 0 Å². The van der Waals surface area contributed by atoms with Crippen molar-refractivity contribution in [2.24, 2.45) is 5.41 Å². The second-order valence-electron chi connectivity index (χ2n) is 5.31. The number of rotatable bonds is 3. The van der Waals surface area contributed by atoms with Crippen molar-refractivity contribution in [2.45, 2.75) is 39.7 Å². The highest BCUT2D eigenvalue weighted by Crippen LogP contribution is 2.09. The molecule has 0 aliphatic rings. The summed E-state index contributed by atoms with van der Waals surface area (Å²) in [6.07, 6.45) is 0.886. The molecule has 1 atom stereocenters. The highest BCUT2D eigenvalue weighted by molar-refractivity contribution is 5.29. The fourth-order valence-corrected chi connectivity index (χ4v) is 1.36. The number of benzene rings is 1. The van der Waals surface area contributed by atoms with Gasteiger partial charge in [-0.15, -0.1) is 0 Å². The monoisotopic (exact) mass is 240 g/mol. The molecule has 1 rings (SSSR count). The van der Waals surface area contributed by atoms with Crippen LogP contribution in [0.5, 0.6) is 0 Å². The Morgan fingerprint density at radius 2 is 1.78 bits per heavy atom. The lowest BCUT2D eigenvalue weighted by molar-refractivity contribution is 0.222. The quantitative estimate of drug-likeness (QED) is 0.805. The average molecular weight is 240 g/mol. The molecule has 0 saturated heterocycles. The first-order chi connectivity index (χ1) is 8.47. The van der Waals surface area contributed by atoms with Crippen molar-refractivity contribution in [3.05, 3.63) is 35.9 Å². The zero-order chi connectivity index (χ0) is 13.4. The van der Waals surface area contributed by atoms with Gasteiger partial charge in [0.1, 0.15) is 6.10 Å². The Bertz CT molecular complexity index is 472. The summed E-state index contributed by atoms with van der Waals surface area (Å²) in [6.45, 7) is 6.11. The van der Waals surface area contributed by atoms with Gasteiger partial charge in [0.05, 0.1) is 0 Å². The zero-order valence-electron chi connectivity index (χ0n) is 11.3. The minimum atomic E-state index is -0.598. The molecular formula is C17H20O. The molecule has 1 aromatic rings. The molecule has 0 saturated carbocycles. The molecule has 0 aliphatic carbocycles. The minimum absolute atomic E-state index is 0.0380. The van der Waals surface area contributed by atoms with Gasteiger partial charge in [0.15, 0.2) is 0 Å². The molecule has 1 nitrogen and oxygen atoms in total. The molecule has 1 unspecified atom stereocenters. The summed E-state index contributed by atoms with van der Waals surface area (Å²) in [5.74, 6) is 11.3. The maximum Gasteiger partial charge on any atom is 0.116 e. The molecular weight excluding hydrogens is 220 g/mol. The van der Waals surface area contributed by atoms with Crippen molar-refractivity contribution in [3.8, 4) is 23.7 Å². The molecule has 0 heterocycles. The predicted molar refractivity (Wildman–Crippen MR) is 75.8 cm³/mol. The van der Waals surface area contributed by atoms with Gasteiger partial charge in [-0.1, -0.05) is 42.2 Å². The lowest BCUT2D eigenvalue weighted by Gasteiger charge is -2.05. The van der Waals surface area contributed by atoms with E-state index < -0.39 is 6.10 Å². The molecule has 1 N–H and O–H groups in total. The predicted octanol–water partition coefficient (Wildman–Crippen LogP) is 3.03. The first kappa shape index (κ1) is 14.4. The largest absolute Gasteiger partial charge is 0.380 e. The van der Waals surface area contributed by atoms with E-state index >= 15 is 0 Å². The van der Waals surface area contributed by atoms with Gasteiger partial charge in [-0.3, -0.25) is 0 Å². The van der Waals surface area contributed by atoms with Crippen LogP contribution in [0, 0.1) is 29.1 Å². The molecule has 0 aliphatic heterocycles. The highest BCUT2D eigenvalue weighted by Gasteiger charge is 2.02. The Balaban J connectivity index is 2.40. The summed E-state index contributed by atoms with van der Waals surface area (Å²) in [4.78, 5) is 0. The van der Waals surface area contributed by atoms with Crippen molar-refractivity contribution in [1.82, 2.24) is 0 Å². The standard InChI is InChI=1S/C17H20O/c1-17(2,3)14-8-7-11-16(18)13-12-15-9-5-4-6-10-15/h4-6,9-10,16,18H,12-13H2,1-3H3. The molecule has 0 radical (unpaired) electrons. The molecule has 0 fully saturated rings. The van der Waals surface area contributed by atoms with Gasteiger partial charge in [0.25, 0.3) is 0 Å². The maximum absolute atomic E-state index is 9.70. The van der Waals surface area contributed by atoms with Crippen LogP contribution in [0.2, 0.25) is 0 Å². The van der Waals surface area contributed by atoms with Crippen LogP contribution in [0.25, 0.3) is 0 Å². The van der Waals surface area contributed by atoms with Crippen LogP contribution in [0.4, 0.5) is 0 Å². The van der Waals surface area contributed by atoms with Crippen LogP contribution >= 0.6 is 0 Å². The van der Waals surface area contributed by atoms with Crippen LogP contribution in [-0.2, 0) is 6.42 Å². The normalized spacial score (nSPS) is 11.8. The summed E-state index contributed by atoms with van der Waals surface area (Å²) in [5.41, 5.74) is 1.18. The molecule has 0 amide bonds. The third-order valence-corrected chi connectivity index (χ3v) is 2.29. The van der Waals surface area contributed by atoms with E-state index in [0.717, 1.165) is 6.42 Å². The van der Waals surface area contributed by atoms with Crippen LogP contribution in [0.15, 0.2) is 30.3 Å². The van der Waals surface area contributed by atoms with Crippen molar-refractivity contribution in [3.63, 3.8) is 0 Å². The Kier molecular flexibility index (Phi) is 5.50. The summed E-state index contributed by atoms with van der Waals surface area (Å²) in [7, 11) is 0. The molecule has 0 aromatic heterocycles. The second-order valence-corrected chi connectivity index (χ2v) is 5.31. The third-order valence-electron chi connectivity index (χ3n) is 2.29. The van der Waals surface area contributed by atoms with E-state index in [9.17, 15) is 5.11 Å². The van der Waals surface area contributed by atoms with Crippen molar-refractivity contribution in [2.75, 3.05) is 0 Å². The topological polar surface area (TPSA) is 20.2 Å². The van der Waals surface area contributed by atoms with Crippen LogP contribution in [-0.4, -0.2) is 11.2 Å². The average Bonchev–Trinajstić information content (AvgIpc) is 2.32. The van der Waals surface area contributed by atoms with E-state index in [1.807, 2.05) is 39.0 Å². The van der Waals surface area contributed by atoms with E-state index in [4.69, 9.17) is 0 Å². The van der Waals surface area contributed by atoms with Crippen molar-refractivity contribution in [1.29, 1.82) is 0 Å². The molecule has 0 bridgehead atoms. The Morgan fingerprint density at radius 1 is 1.11 bits per heavy atom. The van der Waals surface area contributed by atoms with Gasteiger partial charge in [-0.2, -0.15) is 0 Å². The highest BCUT2D eigenvalue weighted by atomic mass is 16.3. The Labute approximate surface area is 110 Å². The molecule has 18 heavy (non-hydrogen) atoms. The molecule has 1 heteroatoms. The SMILES string of the molecule is CC(C)(C)C#CC#CC(O)CCc1ccccc1. The first-order valence-corrected chi connectivity index (χ1v) is 6.22. The number of hydrogen-bond donors (Lipinski definition) is 1. The van der Waals surface area contributed by atoms with E-state index in [-0.39, 0.29) is 5.41 Å². The van der Waals surface area contributed by atoms with E-state index in [2.05, 4.69) is 35.8 Å². The Morgan fingerprint density at radius 3 is 2.39 bits per heavy atom. The van der Waals surface area contributed by atoms with Gasteiger partial charge in [-0.25, -0.2) is 0 Å². The van der Waals surface area contributed by atoms with Gasteiger partial charge in [-0.05, 0) is 51.0 Å². The van der Waals surface area contributed by atoms with Gasteiger partial charge in [0.2, 0.25) is 0 Å². The number of aliphatic hydroxyl groups is 1. The third kappa shape index (κ3) is 6.79. The lowest BCUT2D eigenvalue weighted by atomic mass is 9.98. The zero-order valence-corrected chi connectivity index (χ0v) is 11.3. The van der Waals surface area contributed by atoms with Gasteiger partial charge >= 0.3 is 0 Å². The maximum atomic E-state index is 9.70. The summed E-state index contributed by atoms with van der Waals surface area (Å²) < 4.78 is 0. The summed E-state index contributed by atoms with van der Waals surface area (Å²) >= 11 is 0. The number of aryl methyl sites for hydroxylation is 1. The first-order valence-electron chi connectivity index (χ1n) is 6.22. The van der Waals surface area contributed by atoms with Gasteiger partial charge in [0, 0.05) is 5.41 Å². The van der Waals surface area contributed by atoms with E-state index in [1.165, 1.54) is 5.56 Å². The van der Waals surface area contributed by atoms with Gasteiger partial charge < -0.3 is 5.11 Å². The molecule has 1 aromatic carbocycles. The molecule has 94 valence electrons. The smallest absolute Gasteiger partial charge is 0.116 e. The summed E-state index contributed by atoms with van der Waals surface area (Å²) in [5, 5.41) is 9.70. The van der Waals surface area contributed by atoms with Crippen LogP contribution in [0.1, 0.15) is 32.8 Å². The van der Waals surface area contributed by atoms with Crippen LogP contribution in [0.3, 0.4) is 0 Å².